The van der Waals surface area contributed by atoms with Gasteiger partial charge in [-0.05, 0) is 12.8 Å². The summed E-state index contributed by atoms with van der Waals surface area (Å²) in [6.07, 6.45) is 2.25. The van der Waals surface area contributed by atoms with Gasteiger partial charge in [-0.1, -0.05) is 18.3 Å². The first kappa shape index (κ1) is 14.6. The standard InChI is InChI=1S/C12H19N5O2S/c1-2-5-14-12-17-10(13)9(20-12)11(19)15-6-7-3-4-8(18)16-7/h7H,2-6,13H2,1H3,(H,14,17)(H,15,19)(H,16,18). The van der Waals surface area contributed by atoms with Gasteiger partial charge in [0, 0.05) is 25.6 Å². The van der Waals surface area contributed by atoms with Crippen molar-refractivity contribution in [3.63, 3.8) is 0 Å². The molecule has 20 heavy (non-hydrogen) atoms. The molecule has 0 spiro atoms. The first-order valence-electron chi connectivity index (χ1n) is 6.68. The summed E-state index contributed by atoms with van der Waals surface area (Å²) in [6.45, 7) is 3.26. The molecule has 2 heterocycles. The van der Waals surface area contributed by atoms with Crippen LogP contribution in [0.3, 0.4) is 0 Å². The predicted octanol–water partition coefficient (Wildman–Crippen LogP) is 0.556. The fourth-order valence-corrected chi connectivity index (χ4v) is 2.76. The lowest BCUT2D eigenvalue weighted by atomic mass is 10.2. The van der Waals surface area contributed by atoms with E-state index in [1.54, 1.807) is 0 Å². The first-order valence-corrected chi connectivity index (χ1v) is 7.49. The van der Waals surface area contributed by atoms with Crippen LogP contribution in [-0.2, 0) is 4.79 Å². The van der Waals surface area contributed by atoms with Crippen LogP contribution in [0.5, 0.6) is 0 Å². The van der Waals surface area contributed by atoms with E-state index in [-0.39, 0.29) is 23.7 Å². The maximum Gasteiger partial charge on any atom is 0.265 e. The fraction of sp³-hybridized carbons (Fsp3) is 0.583. The van der Waals surface area contributed by atoms with Crippen LogP contribution < -0.4 is 21.7 Å². The Labute approximate surface area is 121 Å². The molecule has 1 aromatic rings. The molecule has 0 radical (unpaired) electrons. The van der Waals surface area contributed by atoms with E-state index in [2.05, 4.69) is 20.9 Å². The molecule has 2 rings (SSSR count). The minimum Gasteiger partial charge on any atom is -0.382 e. The van der Waals surface area contributed by atoms with Gasteiger partial charge in [0.1, 0.15) is 10.7 Å². The van der Waals surface area contributed by atoms with Crippen molar-refractivity contribution in [2.75, 3.05) is 24.1 Å². The Hall–Kier alpha value is -1.83. The summed E-state index contributed by atoms with van der Waals surface area (Å²) in [6, 6.07) is 0.0123. The number of aromatic nitrogens is 1. The lowest BCUT2D eigenvalue weighted by molar-refractivity contribution is -0.119. The van der Waals surface area contributed by atoms with Gasteiger partial charge < -0.3 is 21.7 Å². The van der Waals surface area contributed by atoms with Crippen molar-refractivity contribution in [2.24, 2.45) is 0 Å². The smallest absolute Gasteiger partial charge is 0.265 e. The quantitative estimate of drug-likeness (QED) is 0.613. The Bertz CT molecular complexity index is 502. The number of hydrogen-bond acceptors (Lipinski definition) is 6. The van der Waals surface area contributed by atoms with E-state index in [1.807, 2.05) is 6.92 Å². The molecule has 1 atom stereocenters. The van der Waals surface area contributed by atoms with E-state index in [0.29, 0.717) is 23.0 Å². The van der Waals surface area contributed by atoms with E-state index < -0.39 is 0 Å². The lowest BCUT2D eigenvalue weighted by Gasteiger charge is -2.10. The lowest BCUT2D eigenvalue weighted by Crippen LogP contribution is -2.38. The second kappa shape index (κ2) is 6.56. The van der Waals surface area contributed by atoms with E-state index in [0.717, 1.165) is 19.4 Å². The normalized spacial score (nSPS) is 17.9. The molecule has 7 nitrogen and oxygen atoms in total. The number of rotatable bonds is 6. The van der Waals surface area contributed by atoms with E-state index in [4.69, 9.17) is 5.73 Å². The van der Waals surface area contributed by atoms with Gasteiger partial charge in [0.05, 0.1) is 0 Å². The van der Waals surface area contributed by atoms with E-state index >= 15 is 0 Å². The summed E-state index contributed by atoms with van der Waals surface area (Å²) >= 11 is 1.24. The molecular weight excluding hydrogens is 278 g/mol. The highest BCUT2D eigenvalue weighted by molar-refractivity contribution is 7.18. The molecule has 1 saturated heterocycles. The average Bonchev–Trinajstić information content (AvgIpc) is 3.00. The monoisotopic (exact) mass is 297 g/mol. The zero-order chi connectivity index (χ0) is 14.5. The van der Waals surface area contributed by atoms with Crippen LogP contribution in [0.1, 0.15) is 35.9 Å². The van der Waals surface area contributed by atoms with Crippen molar-refractivity contribution in [3.05, 3.63) is 4.88 Å². The minimum atomic E-state index is -0.245. The van der Waals surface area contributed by atoms with Crippen LogP contribution in [0.4, 0.5) is 10.9 Å². The molecule has 8 heteroatoms. The number of anilines is 2. The Morgan fingerprint density at radius 2 is 2.40 bits per heavy atom. The summed E-state index contributed by atoms with van der Waals surface area (Å²) in [4.78, 5) is 27.6. The van der Waals surface area contributed by atoms with Crippen LogP contribution in [0.2, 0.25) is 0 Å². The molecule has 1 aromatic heterocycles. The summed E-state index contributed by atoms with van der Waals surface area (Å²) in [5.41, 5.74) is 5.75. The number of carbonyl (C=O) groups excluding carboxylic acids is 2. The molecule has 0 aromatic carbocycles. The molecule has 0 bridgehead atoms. The number of nitrogen functional groups attached to an aromatic ring is 1. The first-order chi connectivity index (χ1) is 9.60. The van der Waals surface area contributed by atoms with Crippen LogP contribution in [0, 0.1) is 0 Å². The van der Waals surface area contributed by atoms with Gasteiger partial charge in [0.25, 0.3) is 5.91 Å². The van der Waals surface area contributed by atoms with Crippen LogP contribution in [-0.4, -0.2) is 35.9 Å². The molecule has 1 aliphatic heterocycles. The molecule has 1 unspecified atom stereocenters. The second-order valence-corrected chi connectivity index (χ2v) is 5.67. The number of carbonyl (C=O) groups is 2. The summed E-state index contributed by atoms with van der Waals surface area (Å²) in [5.74, 6) is 0.0277. The predicted molar refractivity (Wildman–Crippen MR) is 78.8 cm³/mol. The Morgan fingerprint density at radius 3 is 3.05 bits per heavy atom. The highest BCUT2D eigenvalue weighted by Gasteiger charge is 2.22. The van der Waals surface area contributed by atoms with E-state index in [9.17, 15) is 9.59 Å². The zero-order valence-corrected chi connectivity index (χ0v) is 12.2. The molecular formula is C12H19N5O2S. The molecule has 0 saturated carbocycles. The van der Waals surface area contributed by atoms with Crippen LogP contribution in [0.15, 0.2) is 0 Å². The van der Waals surface area contributed by atoms with Crippen LogP contribution >= 0.6 is 11.3 Å². The Kier molecular flexibility index (Phi) is 4.78. The number of nitrogens with one attached hydrogen (secondary N) is 3. The van der Waals surface area contributed by atoms with E-state index in [1.165, 1.54) is 11.3 Å². The highest BCUT2D eigenvalue weighted by Crippen LogP contribution is 2.24. The second-order valence-electron chi connectivity index (χ2n) is 4.67. The zero-order valence-electron chi connectivity index (χ0n) is 11.4. The molecule has 110 valence electrons. The van der Waals surface area contributed by atoms with Gasteiger partial charge in [-0.15, -0.1) is 0 Å². The van der Waals surface area contributed by atoms with Crippen molar-refractivity contribution >= 4 is 34.1 Å². The minimum absolute atomic E-state index is 0.0123. The molecule has 1 fully saturated rings. The van der Waals surface area contributed by atoms with Gasteiger partial charge in [0.2, 0.25) is 5.91 Å². The third-order valence-electron chi connectivity index (χ3n) is 2.98. The SMILES string of the molecule is CCCNc1nc(N)c(C(=O)NCC2CCC(=O)N2)s1. The van der Waals surface area contributed by atoms with Crippen molar-refractivity contribution in [1.82, 2.24) is 15.6 Å². The van der Waals surface area contributed by atoms with Gasteiger partial charge in [0.15, 0.2) is 5.13 Å². The van der Waals surface area contributed by atoms with Crippen LogP contribution in [0.25, 0.3) is 0 Å². The van der Waals surface area contributed by atoms with Crippen molar-refractivity contribution in [2.45, 2.75) is 32.2 Å². The number of hydrogen-bond donors (Lipinski definition) is 4. The molecule has 2 amide bonds. The maximum atomic E-state index is 12.0. The third kappa shape index (κ3) is 3.60. The number of nitrogens with zero attached hydrogens (tertiary/aromatic N) is 1. The molecule has 5 N–H and O–H groups in total. The maximum absolute atomic E-state index is 12.0. The van der Waals surface area contributed by atoms with Crippen molar-refractivity contribution < 1.29 is 9.59 Å². The highest BCUT2D eigenvalue weighted by atomic mass is 32.1. The molecule has 0 aliphatic carbocycles. The largest absolute Gasteiger partial charge is 0.382 e. The van der Waals surface area contributed by atoms with Gasteiger partial charge in [-0.2, -0.15) is 0 Å². The van der Waals surface area contributed by atoms with Gasteiger partial charge >= 0.3 is 0 Å². The fourth-order valence-electron chi connectivity index (χ4n) is 1.93. The Balaban J connectivity index is 1.88. The van der Waals surface area contributed by atoms with Gasteiger partial charge in [-0.25, -0.2) is 4.98 Å². The topological polar surface area (TPSA) is 109 Å². The summed E-state index contributed by atoms with van der Waals surface area (Å²) < 4.78 is 0. The number of nitrogens with two attached hydrogens (primary N) is 1. The van der Waals surface area contributed by atoms with Crippen molar-refractivity contribution in [1.29, 1.82) is 0 Å². The molecule has 1 aliphatic rings. The Morgan fingerprint density at radius 1 is 1.60 bits per heavy atom. The number of amides is 2. The average molecular weight is 297 g/mol. The third-order valence-corrected chi connectivity index (χ3v) is 4.01. The van der Waals surface area contributed by atoms with Gasteiger partial charge in [-0.3, -0.25) is 9.59 Å². The number of thiazole rings is 1. The summed E-state index contributed by atoms with van der Waals surface area (Å²) in [5, 5.41) is 9.34. The van der Waals surface area contributed by atoms with Crippen molar-refractivity contribution in [3.8, 4) is 0 Å². The summed E-state index contributed by atoms with van der Waals surface area (Å²) in [7, 11) is 0.